The molecule has 1 aromatic carbocycles. The van der Waals surface area contributed by atoms with E-state index in [4.69, 9.17) is 15.6 Å². The predicted molar refractivity (Wildman–Crippen MR) is 112 cm³/mol. The van der Waals surface area contributed by atoms with Crippen LogP contribution in [0.15, 0.2) is 33.9 Å². The lowest BCUT2D eigenvalue weighted by molar-refractivity contribution is 0.0475. The molecule has 0 amide bonds. The number of carbonyl (C=O) groups excluding carboxylic acids is 2. The number of rotatable bonds is 9. The van der Waals surface area contributed by atoms with Gasteiger partial charge in [-0.05, 0) is 18.1 Å². The second-order valence-corrected chi connectivity index (χ2v) is 7.11. The van der Waals surface area contributed by atoms with Gasteiger partial charge in [-0.2, -0.15) is 0 Å². The van der Waals surface area contributed by atoms with Crippen LogP contribution in [-0.4, -0.2) is 45.8 Å². The van der Waals surface area contributed by atoms with Gasteiger partial charge in [0.2, 0.25) is 5.78 Å². The van der Waals surface area contributed by atoms with Crippen LogP contribution < -0.4 is 22.3 Å². The predicted octanol–water partition coefficient (Wildman–Crippen LogP) is 0.229. The van der Waals surface area contributed by atoms with Gasteiger partial charge in [0, 0.05) is 25.8 Å². The molecule has 0 saturated carbocycles. The maximum absolute atomic E-state index is 12.6. The molecule has 1 heterocycles. The van der Waals surface area contributed by atoms with E-state index < -0.39 is 35.2 Å². The summed E-state index contributed by atoms with van der Waals surface area (Å²) in [6, 6.07) is 6.45. The van der Waals surface area contributed by atoms with Crippen molar-refractivity contribution >= 4 is 23.3 Å². The number of nitrogens with one attached hydrogen (secondary N) is 1. The smallest absolute Gasteiger partial charge is 0.340 e. The Morgan fingerprint density at radius 3 is 2.53 bits per heavy atom. The number of carbonyl (C=O) groups is 2. The van der Waals surface area contributed by atoms with Crippen molar-refractivity contribution in [2.45, 2.75) is 20.4 Å². The molecule has 0 aliphatic rings. The number of aliphatic hydroxyl groups is 1. The third kappa shape index (κ3) is 4.95. The molecule has 30 heavy (non-hydrogen) atoms. The molecule has 0 spiro atoms. The van der Waals surface area contributed by atoms with Gasteiger partial charge in [-0.3, -0.25) is 18.7 Å². The highest BCUT2D eigenvalue weighted by atomic mass is 16.5. The molecule has 0 saturated heterocycles. The van der Waals surface area contributed by atoms with Gasteiger partial charge in [-0.1, -0.05) is 26.0 Å². The summed E-state index contributed by atoms with van der Waals surface area (Å²) >= 11 is 0. The number of Topliss-reactive ketones (excluding diaryl/α,β-unsaturated/α-hetero) is 1. The Morgan fingerprint density at radius 1 is 1.23 bits per heavy atom. The fourth-order valence-corrected chi connectivity index (χ4v) is 2.87. The van der Waals surface area contributed by atoms with Crippen molar-refractivity contribution in [2.75, 3.05) is 30.8 Å². The summed E-state index contributed by atoms with van der Waals surface area (Å²) in [5.74, 6) is -1.79. The number of ether oxygens (including phenoxy) is 1. The lowest BCUT2D eigenvalue weighted by Crippen LogP contribution is -2.43. The number of hydrogen-bond donors (Lipinski definition) is 3. The molecule has 0 fully saturated rings. The quantitative estimate of drug-likeness (QED) is 0.387. The molecule has 0 aliphatic heterocycles. The molecule has 10 heteroatoms. The second-order valence-electron chi connectivity index (χ2n) is 7.11. The molecule has 4 N–H and O–H groups in total. The van der Waals surface area contributed by atoms with Crippen LogP contribution in [-0.2, 0) is 18.3 Å². The largest absolute Gasteiger partial charge is 0.454 e. The van der Waals surface area contributed by atoms with Crippen molar-refractivity contribution in [3.8, 4) is 0 Å². The number of nitrogens with two attached hydrogens (primary N) is 1. The van der Waals surface area contributed by atoms with Crippen LogP contribution in [0.5, 0.6) is 0 Å². The molecule has 0 radical (unpaired) electrons. The molecule has 0 aliphatic carbocycles. The fourth-order valence-electron chi connectivity index (χ4n) is 2.87. The zero-order valence-electron chi connectivity index (χ0n) is 17.2. The van der Waals surface area contributed by atoms with E-state index >= 15 is 0 Å². The van der Waals surface area contributed by atoms with Crippen LogP contribution >= 0.6 is 0 Å². The summed E-state index contributed by atoms with van der Waals surface area (Å²) in [6.07, 6.45) is 0. The summed E-state index contributed by atoms with van der Waals surface area (Å²) in [5.41, 5.74) is 4.70. The minimum atomic E-state index is -0.844. The Hall–Kier alpha value is -3.40. The first-order chi connectivity index (χ1) is 14.2. The van der Waals surface area contributed by atoms with Crippen LogP contribution in [0.4, 0.5) is 11.5 Å². The Labute approximate surface area is 172 Å². The SMILES string of the molecule is CC(C)Cn1c(N)c(C(=O)COC(=O)c2ccccc2NCCO)c(=O)n(C)c1=O. The van der Waals surface area contributed by atoms with Gasteiger partial charge in [0.15, 0.2) is 6.61 Å². The first-order valence-corrected chi connectivity index (χ1v) is 9.42. The maximum Gasteiger partial charge on any atom is 0.340 e. The highest BCUT2D eigenvalue weighted by Gasteiger charge is 2.23. The Kier molecular flexibility index (Phi) is 7.54. The molecular weight excluding hydrogens is 392 g/mol. The lowest BCUT2D eigenvalue weighted by Gasteiger charge is -2.16. The highest BCUT2D eigenvalue weighted by molar-refractivity contribution is 6.03. The lowest BCUT2D eigenvalue weighted by atomic mass is 10.1. The number of benzene rings is 1. The van der Waals surface area contributed by atoms with Crippen LogP contribution in [0.25, 0.3) is 0 Å². The molecular formula is C20H26N4O6. The number of nitrogen functional groups attached to an aromatic ring is 1. The molecule has 0 atom stereocenters. The van der Waals surface area contributed by atoms with Gasteiger partial charge < -0.3 is 20.9 Å². The number of ketones is 1. The minimum absolute atomic E-state index is 0.0474. The molecule has 162 valence electrons. The van der Waals surface area contributed by atoms with E-state index in [0.717, 1.165) is 9.13 Å². The highest BCUT2D eigenvalue weighted by Crippen LogP contribution is 2.16. The summed E-state index contributed by atoms with van der Waals surface area (Å²) in [4.78, 5) is 49.8. The number of anilines is 2. The van der Waals surface area contributed by atoms with Gasteiger partial charge in [-0.25, -0.2) is 9.59 Å². The molecule has 0 bridgehead atoms. The Balaban J connectivity index is 2.27. The van der Waals surface area contributed by atoms with Crippen molar-refractivity contribution in [3.05, 3.63) is 56.2 Å². The number of para-hydroxylation sites is 1. The average molecular weight is 418 g/mol. The van der Waals surface area contributed by atoms with Gasteiger partial charge in [0.05, 0.1) is 12.2 Å². The summed E-state index contributed by atoms with van der Waals surface area (Å²) in [7, 11) is 1.26. The Morgan fingerprint density at radius 2 is 1.90 bits per heavy atom. The molecule has 0 unspecified atom stereocenters. The zero-order chi connectivity index (χ0) is 22.4. The standard InChI is InChI=1S/C20H26N4O6/c1-12(2)10-24-17(21)16(18(27)23(3)20(24)29)15(26)11-30-19(28)13-6-4-5-7-14(13)22-8-9-25/h4-7,12,22,25H,8-11,21H2,1-3H3. The third-order valence-corrected chi connectivity index (χ3v) is 4.32. The van der Waals surface area contributed by atoms with Gasteiger partial charge in [-0.15, -0.1) is 0 Å². The van der Waals surface area contributed by atoms with E-state index in [1.165, 1.54) is 13.1 Å². The van der Waals surface area contributed by atoms with E-state index in [2.05, 4.69) is 5.32 Å². The molecule has 2 aromatic rings. The first-order valence-electron chi connectivity index (χ1n) is 9.42. The van der Waals surface area contributed by atoms with Crippen LogP contribution in [0.3, 0.4) is 0 Å². The number of hydrogen-bond acceptors (Lipinski definition) is 8. The number of aliphatic hydroxyl groups excluding tert-OH is 1. The maximum atomic E-state index is 12.6. The molecule has 1 aromatic heterocycles. The first kappa shape index (κ1) is 22.9. The molecule has 10 nitrogen and oxygen atoms in total. The number of nitrogens with zero attached hydrogens (tertiary/aromatic N) is 2. The van der Waals surface area contributed by atoms with Crippen LogP contribution in [0.2, 0.25) is 0 Å². The van der Waals surface area contributed by atoms with E-state index in [1.807, 2.05) is 13.8 Å². The summed E-state index contributed by atoms with van der Waals surface area (Å²) in [6.45, 7) is 3.34. The fraction of sp³-hybridized carbons (Fsp3) is 0.400. The monoisotopic (exact) mass is 418 g/mol. The van der Waals surface area contributed by atoms with Gasteiger partial charge >= 0.3 is 11.7 Å². The van der Waals surface area contributed by atoms with Crippen molar-refractivity contribution < 1.29 is 19.4 Å². The topological polar surface area (TPSA) is 146 Å². The number of aromatic nitrogens is 2. The zero-order valence-corrected chi connectivity index (χ0v) is 17.2. The van der Waals surface area contributed by atoms with E-state index in [9.17, 15) is 19.2 Å². The van der Waals surface area contributed by atoms with Crippen LogP contribution in [0.1, 0.15) is 34.6 Å². The normalized spacial score (nSPS) is 10.8. The van der Waals surface area contributed by atoms with Crippen LogP contribution in [0, 0.1) is 5.92 Å². The third-order valence-electron chi connectivity index (χ3n) is 4.32. The number of esters is 1. The molecule has 2 rings (SSSR count). The van der Waals surface area contributed by atoms with E-state index in [1.54, 1.807) is 18.2 Å². The van der Waals surface area contributed by atoms with Crippen molar-refractivity contribution in [1.82, 2.24) is 9.13 Å². The second kappa shape index (κ2) is 9.88. The van der Waals surface area contributed by atoms with Crippen molar-refractivity contribution in [2.24, 2.45) is 13.0 Å². The van der Waals surface area contributed by atoms with E-state index in [-0.39, 0.29) is 37.0 Å². The Bertz CT molecular complexity index is 1050. The van der Waals surface area contributed by atoms with Gasteiger partial charge in [0.1, 0.15) is 11.4 Å². The minimum Gasteiger partial charge on any atom is -0.454 e. The summed E-state index contributed by atoms with van der Waals surface area (Å²) < 4.78 is 7.05. The average Bonchev–Trinajstić information content (AvgIpc) is 2.72. The van der Waals surface area contributed by atoms with Crippen molar-refractivity contribution in [1.29, 1.82) is 0 Å². The van der Waals surface area contributed by atoms with Gasteiger partial charge in [0.25, 0.3) is 5.56 Å². The summed E-state index contributed by atoms with van der Waals surface area (Å²) in [5, 5.41) is 11.8. The van der Waals surface area contributed by atoms with E-state index in [0.29, 0.717) is 5.69 Å². The van der Waals surface area contributed by atoms with Crippen molar-refractivity contribution in [3.63, 3.8) is 0 Å².